The Hall–Kier alpha value is -2.21. The number of nitrogens with one attached hydrogen (secondary N) is 1. The maximum atomic E-state index is 12.7. The van der Waals surface area contributed by atoms with Gasteiger partial charge in [0.25, 0.3) is 5.91 Å². The van der Waals surface area contributed by atoms with Crippen LogP contribution in [0.5, 0.6) is 0 Å². The highest BCUT2D eigenvalue weighted by atomic mass is 16.5. The third-order valence-corrected chi connectivity index (χ3v) is 4.69. The number of piperidine rings is 1. The number of carbonyl (C=O) groups is 1. The molecule has 0 radical (unpaired) electrons. The lowest BCUT2D eigenvalue weighted by molar-refractivity contribution is -0.00801. The molecule has 126 valence electrons. The van der Waals surface area contributed by atoms with Crippen molar-refractivity contribution in [3.8, 4) is 0 Å². The largest absolute Gasteiger partial charge is 0.370 e. The van der Waals surface area contributed by atoms with Crippen LogP contribution >= 0.6 is 0 Å². The van der Waals surface area contributed by atoms with Crippen molar-refractivity contribution in [1.29, 1.82) is 0 Å². The van der Waals surface area contributed by atoms with Gasteiger partial charge in [-0.25, -0.2) is 0 Å². The highest BCUT2D eigenvalue weighted by Crippen LogP contribution is 2.39. The van der Waals surface area contributed by atoms with E-state index in [1.165, 1.54) is 12.8 Å². The summed E-state index contributed by atoms with van der Waals surface area (Å²) in [5, 5.41) is 7.21. The van der Waals surface area contributed by atoms with E-state index in [-0.39, 0.29) is 12.0 Å². The molecular weight excluding hydrogens is 304 g/mol. The van der Waals surface area contributed by atoms with Crippen molar-refractivity contribution < 1.29 is 9.53 Å². The zero-order chi connectivity index (χ0) is 16.4. The molecule has 1 amide bonds. The Kier molecular flexibility index (Phi) is 4.30. The number of likely N-dealkylation sites (tertiary alicyclic amines) is 1. The molecule has 2 aromatic heterocycles. The summed E-state index contributed by atoms with van der Waals surface area (Å²) < 4.78 is 5.95. The van der Waals surface area contributed by atoms with Crippen molar-refractivity contribution in [2.45, 2.75) is 44.3 Å². The van der Waals surface area contributed by atoms with Crippen molar-refractivity contribution in [3.05, 3.63) is 47.5 Å². The maximum absolute atomic E-state index is 12.7. The number of amides is 1. The maximum Gasteiger partial charge on any atom is 0.274 e. The lowest BCUT2D eigenvalue weighted by atomic mass is 10.1. The highest BCUT2D eigenvalue weighted by molar-refractivity contribution is 5.92. The summed E-state index contributed by atoms with van der Waals surface area (Å²) in [7, 11) is 0. The third kappa shape index (κ3) is 3.48. The number of aromatic nitrogens is 3. The molecule has 1 aliphatic heterocycles. The second kappa shape index (κ2) is 6.73. The summed E-state index contributed by atoms with van der Waals surface area (Å²) in [6.45, 7) is 1.88. The van der Waals surface area contributed by atoms with E-state index in [1.807, 2.05) is 29.2 Å². The van der Waals surface area contributed by atoms with Gasteiger partial charge in [-0.3, -0.25) is 14.9 Å². The number of nitrogens with zero attached hydrogens (tertiary/aromatic N) is 3. The van der Waals surface area contributed by atoms with E-state index in [4.69, 9.17) is 4.74 Å². The molecule has 6 heteroatoms. The topological polar surface area (TPSA) is 71.1 Å². The van der Waals surface area contributed by atoms with Gasteiger partial charge in [0.2, 0.25) is 0 Å². The number of carbonyl (C=O) groups excluding carboxylic acids is 1. The number of aromatic amines is 1. The van der Waals surface area contributed by atoms with Gasteiger partial charge in [-0.2, -0.15) is 5.10 Å². The molecule has 0 spiro atoms. The zero-order valence-corrected chi connectivity index (χ0v) is 13.6. The Morgan fingerprint density at radius 1 is 1.33 bits per heavy atom. The predicted molar refractivity (Wildman–Crippen MR) is 88.5 cm³/mol. The monoisotopic (exact) mass is 326 g/mol. The van der Waals surface area contributed by atoms with Crippen LogP contribution in [0.1, 0.15) is 53.5 Å². The number of ether oxygens (including phenoxy) is 1. The first-order chi connectivity index (χ1) is 11.8. The molecule has 6 nitrogen and oxygen atoms in total. The summed E-state index contributed by atoms with van der Waals surface area (Å²) >= 11 is 0. The van der Waals surface area contributed by atoms with Gasteiger partial charge in [-0.1, -0.05) is 6.07 Å². The van der Waals surface area contributed by atoms with Gasteiger partial charge in [-0.15, -0.1) is 0 Å². The quantitative estimate of drug-likeness (QED) is 0.916. The van der Waals surface area contributed by atoms with Gasteiger partial charge >= 0.3 is 0 Å². The van der Waals surface area contributed by atoms with Crippen LogP contribution in [0.15, 0.2) is 30.5 Å². The number of rotatable bonds is 5. The van der Waals surface area contributed by atoms with E-state index in [0.717, 1.165) is 30.8 Å². The van der Waals surface area contributed by atoms with Gasteiger partial charge in [0.05, 0.1) is 18.4 Å². The molecule has 0 unspecified atom stereocenters. The molecule has 1 atom stereocenters. The average molecular weight is 326 g/mol. The normalized spacial score (nSPS) is 21.0. The first kappa shape index (κ1) is 15.3. The molecule has 2 fully saturated rings. The molecule has 0 bridgehead atoms. The van der Waals surface area contributed by atoms with Crippen LogP contribution in [-0.4, -0.2) is 45.2 Å². The van der Waals surface area contributed by atoms with E-state index in [1.54, 1.807) is 6.20 Å². The first-order valence-corrected chi connectivity index (χ1v) is 8.65. The van der Waals surface area contributed by atoms with Crippen LogP contribution in [0.2, 0.25) is 0 Å². The molecule has 2 aromatic rings. The summed E-state index contributed by atoms with van der Waals surface area (Å²) in [6.07, 6.45) is 6.16. The SMILES string of the molecule is O=C(c1cc(C2CC2)[nH]n1)N1CCC[C@@H](OCc2ccccn2)C1. The van der Waals surface area contributed by atoms with Crippen LogP contribution in [0.25, 0.3) is 0 Å². The highest BCUT2D eigenvalue weighted by Gasteiger charge is 2.29. The summed E-state index contributed by atoms with van der Waals surface area (Å²) in [5.41, 5.74) is 2.54. The van der Waals surface area contributed by atoms with Crippen LogP contribution < -0.4 is 0 Å². The number of hydrogen-bond acceptors (Lipinski definition) is 4. The Morgan fingerprint density at radius 2 is 2.25 bits per heavy atom. The summed E-state index contributed by atoms with van der Waals surface area (Å²) in [5.74, 6) is 0.583. The molecule has 1 aliphatic carbocycles. The smallest absolute Gasteiger partial charge is 0.274 e. The standard InChI is InChI=1S/C18H22N4O2/c23-18(17-10-16(20-21-17)13-6-7-13)22-9-3-5-15(11-22)24-12-14-4-1-2-8-19-14/h1-2,4,8,10,13,15H,3,5-7,9,11-12H2,(H,20,21)/t15-/m1/s1. The van der Waals surface area contributed by atoms with Gasteiger partial charge in [0.1, 0.15) is 5.69 Å². The first-order valence-electron chi connectivity index (χ1n) is 8.65. The Labute approximate surface area is 141 Å². The fourth-order valence-electron chi connectivity index (χ4n) is 3.16. The Morgan fingerprint density at radius 3 is 3.04 bits per heavy atom. The van der Waals surface area contributed by atoms with Crippen LogP contribution in [0, 0.1) is 0 Å². The molecule has 3 heterocycles. The van der Waals surface area contributed by atoms with Crippen molar-refractivity contribution >= 4 is 5.91 Å². The number of H-pyrrole nitrogens is 1. The molecule has 24 heavy (non-hydrogen) atoms. The Balaban J connectivity index is 1.34. The fourth-order valence-corrected chi connectivity index (χ4v) is 3.16. The van der Waals surface area contributed by atoms with Gasteiger partial charge < -0.3 is 9.64 Å². The fraction of sp³-hybridized carbons (Fsp3) is 0.500. The minimum Gasteiger partial charge on any atom is -0.370 e. The van der Waals surface area contributed by atoms with E-state index in [9.17, 15) is 4.79 Å². The van der Waals surface area contributed by atoms with E-state index in [2.05, 4.69) is 15.2 Å². The van der Waals surface area contributed by atoms with E-state index < -0.39 is 0 Å². The van der Waals surface area contributed by atoms with Crippen LogP contribution in [0.3, 0.4) is 0 Å². The van der Waals surface area contributed by atoms with Crippen molar-refractivity contribution in [3.63, 3.8) is 0 Å². The molecule has 1 N–H and O–H groups in total. The van der Waals surface area contributed by atoms with Crippen LogP contribution in [-0.2, 0) is 11.3 Å². The van der Waals surface area contributed by atoms with E-state index >= 15 is 0 Å². The molecule has 2 aliphatic rings. The number of hydrogen-bond donors (Lipinski definition) is 1. The zero-order valence-electron chi connectivity index (χ0n) is 13.6. The lowest BCUT2D eigenvalue weighted by Crippen LogP contribution is -2.43. The number of pyridine rings is 1. The van der Waals surface area contributed by atoms with E-state index in [0.29, 0.717) is 24.8 Å². The summed E-state index contributed by atoms with van der Waals surface area (Å²) in [4.78, 5) is 18.8. The lowest BCUT2D eigenvalue weighted by Gasteiger charge is -2.32. The van der Waals surface area contributed by atoms with Crippen molar-refractivity contribution in [2.75, 3.05) is 13.1 Å². The minimum absolute atomic E-state index is 0.00397. The molecule has 0 aromatic carbocycles. The Bertz CT molecular complexity index is 696. The molecule has 4 rings (SSSR count). The van der Waals surface area contributed by atoms with Crippen molar-refractivity contribution in [1.82, 2.24) is 20.1 Å². The third-order valence-electron chi connectivity index (χ3n) is 4.69. The second-order valence-electron chi connectivity index (χ2n) is 6.63. The van der Waals surface area contributed by atoms with Gasteiger partial charge in [0, 0.05) is 30.9 Å². The summed E-state index contributed by atoms with van der Waals surface area (Å²) in [6, 6.07) is 7.72. The second-order valence-corrected chi connectivity index (χ2v) is 6.63. The minimum atomic E-state index is 0.00397. The predicted octanol–water partition coefficient (Wildman–Crippen LogP) is 2.50. The van der Waals surface area contributed by atoms with Crippen molar-refractivity contribution in [2.24, 2.45) is 0 Å². The molecule has 1 saturated carbocycles. The molecule has 1 saturated heterocycles. The van der Waals surface area contributed by atoms with Gasteiger partial charge in [0.15, 0.2) is 0 Å². The average Bonchev–Trinajstić information content (AvgIpc) is 3.37. The van der Waals surface area contributed by atoms with Gasteiger partial charge in [-0.05, 0) is 43.9 Å². The molecular formula is C18H22N4O2. The van der Waals surface area contributed by atoms with Crippen LogP contribution in [0.4, 0.5) is 0 Å².